The Bertz CT molecular complexity index is 1280. The molecular weight excluding hydrogens is 480 g/mol. The van der Waals surface area contributed by atoms with Crippen molar-refractivity contribution in [2.75, 3.05) is 5.32 Å². The molecule has 0 aromatic heterocycles. The molecule has 0 spiro atoms. The van der Waals surface area contributed by atoms with E-state index in [4.69, 9.17) is 33.7 Å². The van der Waals surface area contributed by atoms with Crippen molar-refractivity contribution in [2.24, 2.45) is 0 Å². The lowest BCUT2D eigenvalue weighted by atomic mass is 10.1. The van der Waals surface area contributed by atoms with Crippen molar-refractivity contribution >= 4 is 40.6 Å². The summed E-state index contributed by atoms with van der Waals surface area (Å²) in [5, 5.41) is 13.7. The van der Waals surface area contributed by atoms with Gasteiger partial charge in [0, 0.05) is 23.8 Å². The Morgan fingerprint density at radius 2 is 1.34 bits per heavy atom. The molecule has 0 radical (unpaired) electrons. The highest BCUT2D eigenvalue weighted by atomic mass is 35.5. The molecule has 0 amide bonds. The van der Waals surface area contributed by atoms with Crippen LogP contribution in [0.15, 0.2) is 103 Å². The molecule has 0 unspecified atom stereocenters. The number of carboxylic acid groups (broad SMARTS) is 1. The van der Waals surface area contributed by atoms with Crippen LogP contribution in [0.5, 0.6) is 11.5 Å². The maximum Gasteiger partial charge on any atom is 0.335 e. The number of hydrogen-bond acceptors (Lipinski definition) is 3. The maximum absolute atomic E-state index is 11.2. The Morgan fingerprint density at radius 1 is 0.800 bits per heavy atom. The molecule has 0 atom stereocenters. The number of hydrogen-bond donors (Lipinski definition) is 2. The molecule has 0 aliphatic carbocycles. The van der Waals surface area contributed by atoms with Crippen molar-refractivity contribution in [1.29, 1.82) is 0 Å². The number of para-hydroxylation sites is 1. The van der Waals surface area contributed by atoms with Crippen LogP contribution < -0.4 is 10.1 Å². The van der Waals surface area contributed by atoms with Gasteiger partial charge in [-0.3, -0.25) is 0 Å². The monoisotopic (exact) mass is 502 g/mol. The maximum atomic E-state index is 11.2. The van der Waals surface area contributed by atoms with E-state index in [2.05, 4.69) is 5.32 Å². The molecule has 5 nitrogen and oxygen atoms in total. The molecule has 4 aromatic rings. The zero-order valence-electron chi connectivity index (χ0n) is 18.7. The SMILES string of the molecule is O=C(O)c1ccc(CN(Cc2ccc(Cl)cc2)C(=S)Nc2ccc(Oc3ccccc3)cc2)cc1. The lowest BCUT2D eigenvalue weighted by Gasteiger charge is -2.26. The van der Waals surface area contributed by atoms with Crippen LogP contribution in [0.2, 0.25) is 5.02 Å². The molecule has 0 saturated carbocycles. The quantitative estimate of drug-likeness (QED) is 0.248. The van der Waals surface area contributed by atoms with Crippen molar-refractivity contribution < 1.29 is 14.6 Å². The van der Waals surface area contributed by atoms with Crippen LogP contribution in [0, 0.1) is 0 Å². The first-order valence-corrected chi connectivity index (χ1v) is 11.7. The van der Waals surface area contributed by atoms with Crippen molar-refractivity contribution in [3.05, 3.63) is 125 Å². The van der Waals surface area contributed by atoms with E-state index >= 15 is 0 Å². The summed E-state index contributed by atoms with van der Waals surface area (Å²) in [5.41, 5.74) is 3.07. The predicted molar refractivity (Wildman–Crippen MR) is 143 cm³/mol. The smallest absolute Gasteiger partial charge is 0.335 e. The number of carbonyl (C=O) groups is 1. The number of aromatic carboxylic acids is 1. The first-order valence-electron chi connectivity index (χ1n) is 10.9. The molecule has 7 heteroatoms. The number of nitrogens with zero attached hydrogens (tertiary/aromatic N) is 1. The molecule has 4 aromatic carbocycles. The average Bonchev–Trinajstić information content (AvgIpc) is 2.87. The summed E-state index contributed by atoms with van der Waals surface area (Å²) in [5.74, 6) is 0.544. The summed E-state index contributed by atoms with van der Waals surface area (Å²) in [6, 6.07) is 31.6. The fraction of sp³-hybridized carbons (Fsp3) is 0.0714. The minimum atomic E-state index is -0.952. The third-order valence-corrected chi connectivity index (χ3v) is 5.84. The number of carboxylic acids is 1. The molecule has 0 bridgehead atoms. The Labute approximate surface area is 214 Å². The van der Waals surface area contributed by atoms with E-state index in [1.165, 1.54) is 0 Å². The highest BCUT2D eigenvalue weighted by Gasteiger charge is 2.13. The number of thiocarbonyl (C=S) groups is 1. The summed E-state index contributed by atoms with van der Waals surface area (Å²) in [7, 11) is 0. The van der Waals surface area contributed by atoms with Gasteiger partial charge in [0.15, 0.2) is 5.11 Å². The van der Waals surface area contributed by atoms with Gasteiger partial charge in [-0.05, 0) is 84.0 Å². The molecule has 4 rings (SSSR count). The first-order chi connectivity index (χ1) is 17.0. The zero-order valence-corrected chi connectivity index (χ0v) is 20.3. The predicted octanol–water partition coefficient (Wildman–Crippen LogP) is 7.23. The van der Waals surface area contributed by atoms with Crippen molar-refractivity contribution in [3.63, 3.8) is 0 Å². The van der Waals surface area contributed by atoms with Crippen LogP contribution in [-0.2, 0) is 13.1 Å². The van der Waals surface area contributed by atoms with Crippen LogP contribution in [-0.4, -0.2) is 21.1 Å². The molecule has 2 N–H and O–H groups in total. The van der Waals surface area contributed by atoms with Crippen molar-refractivity contribution in [3.8, 4) is 11.5 Å². The number of ether oxygens (including phenoxy) is 1. The summed E-state index contributed by atoms with van der Waals surface area (Å²) in [6.45, 7) is 1.06. The van der Waals surface area contributed by atoms with Crippen LogP contribution >= 0.6 is 23.8 Å². The molecule has 176 valence electrons. The molecule has 0 fully saturated rings. The van der Waals surface area contributed by atoms with E-state index in [0.717, 1.165) is 28.3 Å². The Kier molecular flexibility index (Phi) is 7.98. The van der Waals surface area contributed by atoms with Gasteiger partial charge >= 0.3 is 5.97 Å². The van der Waals surface area contributed by atoms with E-state index in [1.807, 2.05) is 83.8 Å². The summed E-state index contributed by atoms with van der Waals surface area (Å²) >= 11 is 11.8. The Morgan fingerprint density at radius 3 is 1.91 bits per heavy atom. The standard InChI is InChI=1S/C28H23ClN2O3S/c29-23-12-8-21(9-13-23)19-31(18-20-6-10-22(11-7-20)27(32)33)28(35)30-24-14-16-26(17-15-24)34-25-4-2-1-3-5-25/h1-17H,18-19H2,(H,30,35)(H,32,33). The number of benzene rings is 4. The van der Waals surface area contributed by atoms with Crippen LogP contribution in [0.4, 0.5) is 5.69 Å². The number of rotatable bonds is 8. The van der Waals surface area contributed by atoms with Gasteiger partial charge in [-0.2, -0.15) is 0 Å². The molecular formula is C28H23ClN2O3S. The number of nitrogens with one attached hydrogen (secondary N) is 1. The van der Waals surface area contributed by atoms with Crippen molar-refractivity contribution in [1.82, 2.24) is 4.90 Å². The molecule has 0 heterocycles. The number of halogens is 1. The second-order valence-corrected chi connectivity index (χ2v) is 8.68. The Balaban J connectivity index is 1.47. The second kappa shape index (κ2) is 11.5. The topological polar surface area (TPSA) is 61.8 Å². The molecule has 0 aliphatic rings. The lowest BCUT2D eigenvalue weighted by Crippen LogP contribution is -2.33. The van der Waals surface area contributed by atoms with E-state index in [1.54, 1.807) is 24.3 Å². The average molecular weight is 503 g/mol. The van der Waals surface area contributed by atoms with Gasteiger partial charge in [0.2, 0.25) is 0 Å². The fourth-order valence-corrected chi connectivity index (χ4v) is 3.79. The van der Waals surface area contributed by atoms with E-state index in [0.29, 0.717) is 23.2 Å². The summed E-state index contributed by atoms with van der Waals surface area (Å²) in [4.78, 5) is 13.2. The molecule has 0 saturated heterocycles. The third kappa shape index (κ3) is 7.06. The third-order valence-electron chi connectivity index (χ3n) is 5.23. The van der Waals surface area contributed by atoms with Gasteiger partial charge in [0.25, 0.3) is 0 Å². The highest BCUT2D eigenvalue weighted by molar-refractivity contribution is 7.80. The summed E-state index contributed by atoms with van der Waals surface area (Å²) in [6.07, 6.45) is 0. The lowest BCUT2D eigenvalue weighted by molar-refractivity contribution is 0.0697. The first kappa shape index (κ1) is 24.3. The van der Waals surface area contributed by atoms with Gasteiger partial charge in [-0.15, -0.1) is 0 Å². The normalized spacial score (nSPS) is 10.4. The van der Waals surface area contributed by atoms with E-state index in [-0.39, 0.29) is 5.56 Å². The molecule has 0 aliphatic heterocycles. The zero-order chi connectivity index (χ0) is 24.6. The van der Waals surface area contributed by atoms with E-state index in [9.17, 15) is 4.79 Å². The van der Waals surface area contributed by atoms with Gasteiger partial charge in [0.1, 0.15) is 11.5 Å². The fourth-order valence-electron chi connectivity index (χ4n) is 3.42. The van der Waals surface area contributed by atoms with Crippen molar-refractivity contribution in [2.45, 2.75) is 13.1 Å². The van der Waals surface area contributed by atoms with Gasteiger partial charge in [0.05, 0.1) is 5.56 Å². The van der Waals surface area contributed by atoms with Gasteiger partial charge < -0.3 is 20.1 Å². The largest absolute Gasteiger partial charge is 0.478 e. The number of anilines is 1. The Hall–Kier alpha value is -3.87. The van der Waals surface area contributed by atoms with Gasteiger partial charge in [-0.25, -0.2) is 4.79 Å². The van der Waals surface area contributed by atoms with Crippen LogP contribution in [0.1, 0.15) is 21.5 Å². The molecule has 35 heavy (non-hydrogen) atoms. The minimum Gasteiger partial charge on any atom is -0.478 e. The highest BCUT2D eigenvalue weighted by Crippen LogP contribution is 2.23. The minimum absolute atomic E-state index is 0.247. The summed E-state index contributed by atoms with van der Waals surface area (Å²) < 4.78 is 5.86. The van der Waals surface area contributed by atoms with Crippen LogP contribution in [0.25, 0.3) is 0 Å². The van der Waals surface area contributed by atoms with Crippen LogP contribution in [0.3, 0.4) is 0 Å². The van der Waals surface area contributed by atoms with E-state index < -0.39 is 5.97 Å². The second-order valence-electron chi connectivity index (χ2n) is 7.85. The van der Waals surface area contributed by atoms with Gasteiger partial charge in [-0.1, -0.05) is 54.1 Å².